The molecule has 1 aliphatic heterocycles. The first-order chi connectivity index (χ1) is 16.1. The zero-order valence-electron chi connectivity index (χ0n) is 18.7. The van der Waals surface area contributed by atoms with Crippen LogP contribution in [0.2, 0.25) is 0 Å². The van der Waals surface area contributed by atoms with E-state index < -0.39 is 0 Å². The molecular formula is C28H29FN2O2. The van der Waals surface area contributed by atoms with Gasteiger partial charge in [-0.2, -0.15) is 0 Å². The van der Waals surface area contributed by atoms with Gasteiger partial charge in [0.2, 0.25) is 5.91 Å². The molecule has 0 unspecified atom stereocenters. The maximum absolute atomic E-state index is 13.7. The molecule has 33 heavy (non-hydrogen) atoms. The van der Waals surface area contributed by atoms with Crippen molar-refractivity contribution in [2.75, 3.05) is 19.6 Å². The summed E-state index contributed by atoms with van der Waals surface area (Å²) in [6.07, 6.45) is 2.45. The molecule has 170 valence electrons. The van der Waals surface area contributed by atoms with E-state index in [2.05, 4.69) is 17.4 Å². The van der Waals surface area contributed by atoms with E-state index in [0.29, 0.717) is 50.9 Å². The Kier molecular flexibility index (Phi) is 7.51. The van der Waals surface area contributed by atoms with Crippen LogP contribution >= 0.6 is 0 Å². The molecule has 3 aromatic carbocycles. The van der Waals surface area contributed by atoms with Gasteiger partial charge in [0.25, 0.3) is 5.91 Å². The average Bonchev–Trinajstić information content (AvgIpc) is 2.86. The van der Waals surface area contributed by atoms with Crippen LogP contribution in [0.15, 0.2) is 78.9 Å². The van der Waals surface area contributed by atoms with E-state index in [1.165, 1.54) is 11.6 Å². The minimum atomic E-state index is -0.244. The molecule has 4 nitrogen and oxygen atoms in total. The summed E-state index contributed by atoms with van der Waals surface area (Å²) in [5.74, 6) is -0.344. The smallest absolute Gasteiger partial charge is 0.254 e. The summed E-state index contributed by atoms with van der Waals surface area (Å²) in [5, 5.41) is 2.93. The Morgan fingerprint density at radius 1 is 0.848 bits per heavy atom. The predicted octanol–water partition coefficient (Wildman–Crippen LogP) is 4.63. The van der Waals surface area contributed by atoms with E-state index >= 15 is 0 Å². The van der Waals surface area contributed by atoms with E-state index in [0.717, 1.165) is 11.1 Å². The molecule has 2 amide bonds. The lowest BCUT2D eigenvalue weighted by Gasteiger charge is -2.32. The normalized spacial score (nSPS) is 14.2. The van der Waals surface area contributed by atoms with Crippen molar-refractivity contribution in [3.63, 3.8) is 0 Å². The molecule has 1 aliphatic rings. The highest BCUT2D eigenvalue weighted by Crippen LogP contribution is 2.22. The van der Waals surface area contributed by atoms with Gasteiger partial charge in [-0.1, -0.05) is 66.7 Å². The second-order valence-corrected chi connectivity index (χ2v) is 8.52. The molecule has 0 radical (unpaired) electrons. The summed E-state index contributed by atoms with van der Waals surface area (Å²) in [6, 6.07) is 24.5. The maximum Gasteiger partial charge on any atom is 0.254 e. The van der Waals surface area contributed by atoms with E-state index in [-0.39, 0.29) is 23.5 Å². The maximum atomic E-state index is 13.7. The van der Waals surface area contributed by atoms with E-state index in [4.69, 9.17) is 0 Å². The van der Waals surface area contributed by atoms with Gasteiger partial charge in [0.15, 0.2) is 0 Å². The molecule has 5 heteroatoms. The molecular weight excluding hydrogens is 415 g/mol. The van der Waals surface area contributed by atoms with Crippen LogP contribution in [-0.2, 0) is 17.6 Å². The number of piperidine rings is 1. The Morgan fingerprint density at radius 3 is 2.21 bits per heavy atom. The van der Waals surface area contributed by atoms with Gasteiger partial charge in [0, 0.05) is 31.1 Å². The monoisotopic (exact) mass is 444 g/mol. The lowest BCUT2D eigenvalue weighted by atomic mass is 9.94. The largest absolute Gasteiger partial charge is 0.356 e. The minimum absolute atomic E-state index is 0.0112. The first kappa shape index (κ1) is 22.7. The number of likely N-dealkylation sites (tertiary alicyclic amines) is 1. The number of hydrogen-bond donors (Lipinski definition) is 1. The molecule has 0 atom stereocenters. The zero-order chi connectivity index (χ0) is 23.0. The van der Waals surface area contributed by atoms with Gasteiger partial charge in [-0.3, -0.25) is 9.59 Å². The second kappa shape index (κ2) is 10.9. The number of nitrogens with one attached hydrogen (secondary N) is 1. The van der Waals surface area contributed by atoms with Crippen molar-refractivity contribution in [1.82, 2.24) is 10.2 Å². The van der Waals surface area contributed by atoms with Gasteiger partial charge >= 0.3 is 0 Å². The SMILES string of the molecule is O=C(NCCc1ccccc1F)C1CCN(C(=O)c2ccccc2Cc2ccccc2)CC1. The Bertz CT molecular complexity index is 1090. The predicted molar refractivity (Wildman–Crippen MR) is 127 cm³/mol. The molecule has 0 aliphatic carbocycles. The Morgan fingerprint density at radius 2 is 1.48 bits per heavy atom. The molecule has 0 aromatic heterocycles. The summed E-state index contributed by atoms with van der Waals surface area (Å²) in [4.78, 5) is 27.7. The van der Waals surface area contributed by atoms with Crippen LogP contribution < -0.4 is 5.32 Å². The number of benzene rings is 3. The number of carbonyl (C=O) groups excluding carboxylic acids is 2. The number of hydrogen-bond acceptors (Lipinski definition) is 2. The van der Waals surface area contributed by atoms with Gasteiger partial charge < -0.3 is 10.2 Å². The molecule has 0 saturated carbocycles. The summed E-state index contributed by atoms with van der Waals surface area (Å²) in [7, 11) is 0. The topological polar surface area (TPSA) is 49.4 Å². The number of nitrogens with zero attached hydrogens (tertiary/aromatic N) is 1. The third kappa shape index (κ3) is 5.86. The third-order valence-corrected chi connectivity index (χ3v) is 6.29. The van der Waals surface area contributed by atoms with Crippen molar-refractivity contribution in [2.24, 2.45) is 5.92 Å². The zero-order valence-corrected chi connectivity index (χ0v) is 18.7. The molecule has 1 N–H and O–H groups in total. The van der Waals surface area contributed by atoms with Crippen LogP contribution in [0, 0.1) is 11.7 Å². The van der Waals surface area contributed by atoms with Gasteiger partial charge in [0.1, 0.15) is 5.82 Å². The van der Waals surface area contributed by atoms with Crippen molar-refractivity contribution in [2.45, 2.75) is 25.7 Å². The molecule has 4 rings (SSSR count). The van der Waals surface area contributed by atoms with Crippen LogP contribution in [0.4, 0.5) is 4.39 Å². The van der Waals surface area contributed by atoms with Crippen molar-refractivity contribution < 1.29 is 14.0 Å². The van der Waals surface area contributed by atoms with E-state index in [1.807, 2.05) is 47.4 Å². The highest BCUT2D eigenvalue weighted by molar-refractivity contribution is 5.96. The highest BCUT2D eigenvalue weighted by atomic mass is 19.1. The highest BCUT2D eigenvalue weighted by Gasteiger charge is 2.28. The summed E-state index contributed by atoms with van der Waals surface area (Å²) in [5.41, 5.74) is 3.52. The second-order valence-electron chi connectivity index (χ2n) is 8.52. The molecule has 0 bridgehead atoms. The number of rotatable bonds is 7. The number of amides is 2. The van der Waals surface area contributed by atoms with Crippen LogP contribution in [0.5, 0.6) is 0 Å². The molecule has 3 aromatic rings. The fourth-order valence-electron chi connectivity index (χ4n) is 4.38. The van der Waals surface area contributed by atoms with Crippen LogP contribution in [-0.4, -0.2) is 36.3 Å². The summed E-state index contributed by atoms with van der Waals surface area (Å²) >= 11 is 0. The van der Waals surface area contributed by atoms with Crippen LogP contribution in [0.25, 0.3) is 0 Å². The lowest BCUT2D eigenvalue weighted by molar-refractivity contribution is -0.126. The average molecular weight is 445 g/mol. The first-order valence-corrected chi connectivity index (χ1v) is 11.5. The molecule has 0 spiro atoms. The quantitative estimate of drug-likeness (QED) is 0.578. The molecule has 1 heterocycles. The number of halogens is 1. The Hall–Kier alpha value is -3.47. The van der Waals surface area contributed by atoms with Gasteiger partial charge in [-0.15, -0.1) is 0 Å². The van der Waals surface area contributed by atoms with Crippen molar-refractivity contribution in [3.8, 4) is 0 Å². The van der Waals surface area contributed by atoms with Gasteiger partial charge in [-0.25, -0.2) is 4.39 Å². The lowest BCUT2D eigenvalue weighted by Crippen LogP contribution is -2.43. The van der Waals surface area contributed by atoms with Gasteiger partial charge in [-0.05, 0) is 54.5 Å². The fraction of sp³-hybridized carbons (Fsp3) is 0.286. The van der Waals surface area contributed by atoms with Crippen molar-refractivity contribution >= 4 is 11.8 Å². The number of carbonyl (C=O) groups is 2. The Balaban J connectivity index is 1.29. The Labute approximate surface area is 194 Å². The van der Waals surface area contributed by atoms with E-state index in [1.54, 1.807) is 18.2 Å². The van der Waals surface area contributed by atoms with Crippen molar-refractivity contribution in [3.05, 3.63) is 107 Å². The summed E-state index contributed by atoms with van der Waals surface area (Å²) in [6.45, 7) is 1.53. The van der Waals surface area contributed by atoms with E-state index in [9.17, 15) is 14.0 Å². The van der Waals surface area contributed by atoms with Gasteiger partial charge in [0.05, 0.1) is 0 Å². The standard InChI is InChI=1S/C28H29FN2O2/c29-26-13-7-5-10-22(26)14-17-30-27(32)23-15-18-31(19-16-23)28(33)25-12-6-4-11-24(25)20-21-8-2-1-3-9-21/h1-13,23H,14-20H2,(H,30,32). The summed E-state index contributed by atoms with van der Waals surface area (Å²) < 4.78 is 13.7. The molecule has 1 fully saturated rings. The molecule has 1 saturated heterocycles. The van der Waals surface area contributed by atoms with Crippen LogP contribution in [0.3, 0.4) is 0 Å². The van der Waals surface area contributed by atoms with Crippen LogP contribution in [0.1, 0.15) is 39.9 Å². The fourth-order valence-corrected chi connectivity index (χ4v) is 4.38. The first-order valence-electron chi connectivity index (χ1n) is 11.5. The van der Waals surface area contributed by atoms with Crippen molar-refractivity contribution in [1.29, 1.82) is 0 Å². The minimum Gasteiger partial charge on any atom is -0.356 e. The third-order valence-electron chi connectivity index (χ3n) is 6.29.